The normalized spacial score (nSPS) is 19.5. The molecule has 5 nitrogen and oxygen atoms in total. The largest absolute Gasteiger partial charge is 0.395 e. The number of aliphatic hydroxyl groups is 2. The molecule has 1 amide bonds. The van der Waals surface area contributed by atoms with Crippen molar-refractivity contribution in [1.29, 1.82) is 0 Å². The topological polar surface area (TPSA) is 72.8 Å². The van der Waals surface area contributed by atoms with E-state index in [0.29, 0.717) is 13.0 Å². The highest BCUT2D eigenvalue weighted by atomic mass is 16.3. The van der Waals surface area contributed by atoms with Crippen molar-refractivity contribution in [3.63, 3.8) is 0 Å². The zero-order chi connectivity index (χ0) is 18.9. The average molecular weight is 356 g/mol. The van der Waals surface area contributed by atoms with Gasteiger partial charge < -0.3 is 15.5 Å². The van der Waals surface area contributed by atoms with Gasteiger partial charge in [0.25, 0.3) is 0 Å². The van der Waals surface area contributed by atoms with Gasteiger partial charge in [-0.3, -0.25) is 9.69 Å². The molecule has 3 N–H and O–H groups in total. The van der Waals surface area contributed by atoms with Crippen molar-refractivity contribution in [3.05, 3.63) is 60.2 Å². The van der Waals surface area contributed by atoms with Crippen LogP contribution in [0.4, 0.5) is 0 Å². The van der Waals surface area contributed by atoms with Crippen molar-refractivity contribution in [3.8, 4) is 11.1 Å². The number of nitrogens with zero attached hydrogens (tertiary/aromatic N) is 1. The van der Waals surface area contributed by atoms with Crippen LogP contribution in [0.3, 0.4) is 0 Å². The molecule has 0 aliphatic carbocycles. The fourth-order valence-electron chi connectivity index (χ4n) is 3.01. The summed E-state index contributed by atoms with van der Waals surface area (Å²) in [4.78, 5) is 11.9. The monoisotopic (exact) mass is 356 g/mol. The number of aliphatic hydroxyl groups excluding tert-OH is 2. The number of β-amino-alcohol motifs (C(OH)–C–C–N with tert-alkyl or cyclic N) is 1. The second kappa shape index (κ2) is 10.1. The first-order chi connectivity index (χ1) is 12.5. The van der Waals surface area contributed by atoms with Crippen molar-refractivity contribution in [2.75, 3.05) is 20.2 Å². The smallest absolute Gasteiger partial charge is 0.216 e. The van der Waals surface area contributed by atoms with E-state index < -0.39 is 0 Å². The number of hydrogen-bond acceptors (Lipinski definition) is 4. The molecule has 26 heavy (non-hydrogen) atoms. The highest BCUT2D eigenvalue weighted by Crippen LogP contribution is 2.23. The summed E-state index contributed by atoms with van der Waals surface area (Å²) in [7, 11) is 1.60. The number of carbonyl (C=O) groups is 1. The molecule has 0 saturated carbocycles. The molecule has 0 spiro atoms. The minimum absolute atomic E-state index is 0.00463. The molecule has 5 heteroatoms. The zero-order valence-corrected chi connectivity index (χ0v) is 15.4. The van der Waals surface area contributed by atoms with Crippen LogP contribution in [0.15, 0.2) is 54.6 Å². The van der Waals surface area contributed by atoms with Gasteiger partial charge in [0.15, 0.2) is 0 Å². The minimum atomic E-state index is -0.314. The van der Waals surface area contributed by atoms with Gasteiger partial charge in [0, 0.05) is 33.1 Å². The predicted octanol–water partition coefficient (Wildman–Crippen LogP) is 2.03. The molecule has 3 rings (SSSR count). The summed E-state index contributed by atoms with van der Waals surface area (Å²) in [5, 5.41) is 21.5. The van der Waals surface area contributed by atoms with E-state index in [-0.39, 0.29) is 24.7 Å². The Balaban J connectivity index is 0.000000431. The first-order valence-electron chi connectivity index (χ1n) is 8.89. The van der Waals surface area contributed by atoms with Crippen LogP contribution in [0.25, 0.3) is 11.1 Å². The van der Waals surface area contributed by atoms with Gasteiger partial charge in [0.1, 0.15) is 0 Å². The third-order valence-corrected chi connectivity index (χ3v) is 4.52. The number of hydrogen-bond donors (Lipinski definition) is 3. The lowest BCUT2D eigenvalue weighted by Crippen LogP contribution is -2.31. The Kier molecular flexibility index (Phi) is 7.78. The molecule has 0 radical (unpaired) electrons. The number of carbonyl (C=O) groups excluding carboxylic acids is 1. The predicted molar refractivity (Wildman–Crippen MR) is 104 cm³/mol. The Morgan fingerprint density at radius 1 is 1.12 bits per heavy atom. The Morgan fingerprint density at radius 2 is 1.69 bits per heavy atom. The van der Waals surface area contributed by atoms with Gasteiger partial charge in [-0.2, -0.15) is 0 Å². The van der Waals surface area contributed by atoms with E-state index >= 15 is 0 Å². The van der Waals surface area contributed by atoms with Crippen LogP contribution in [-0.4, -0.2) is 53.4 Å². The second-order valence-electron chi connectivity index (χ2n) is 6.52. The highest BCUT2D eigenvalue weighted by molar-refractivity contribution is 5.72. The molecular formula is C21H28N2O3. The lowest BCUT2D eigenvalue weighted by molar-refractivity contribution is -0.118. The van der Waals surface area contributed by atoms with Gasteiger partial charge in [0.2, 0.25) is 5.91 Å². The van der Waals surface area contributed by atoms with E-state index in [1.807, 2.05) is 18.2 Å². The summed E-state index contributed by atoms with van der Waals surface area (Å²) in [6, 6.07) is 18.9. The second-order valence-corrected chi connectivity index (χ2v) is 6.52. The lowest BCUT2D eigenvalue weighted by Gasteiger charge is -2.22. The minimum Gasteiger partial charge on any atom is -0.395 e. The van der Waals surface area contributed by atoms with Gasteiger partial charge in [-0.25, -0.2) is 0 Å². The summed E-state index contributed by atoms with van der Waals surface area (Å²) < 4.78 is 0. The Hall–Kier alpha value is -2.21. The summed E-state index contributed by atoms with van der Waals surface area (Å²) in [5.74, 6) is 0.00463. The maximum atomic E-state index is 9.72. The lowest BCUT2D eigenvalue weighted by atomic mass is 10.0. The van der Waals surface area contributed by atoms with Gasteiger partial charge in [0.05, 0.1) is 12.7 Å². The van der Waals surface area contributed by atoms with E-state index in [1.54, 1.807) is 7.05 Å². The summed E-state index contributed by atoms with van der Waals surface area (Å²) in [5.41, 5.74) is 3.63. The first kappa shape index (κ1) is 20.1. The fourth-order valence-corrected chi connectivity index (χ4v) is 3.01. The molecule has 2 unspecified atom stereocenters. The summed E-state index contributed by atoms with van der Waals surface area (Å²) in [6.45, 7) is 3.00. The number of likely N-dealkylation sites (tertiary alicyclic amines) is 1. The summed E-state index contributed by atoms with van der Waals surface area (Å²) >= 11 is 0. The molecule has 2 aromatic rings. The van der Waals surface area contributed by atoms with Crippen LogP contribution in [0, 0.1) is 0 Å². The standard InChI is InChI=1S/C18H21NO2.C3H7NO/c20-13-17-10-18(21)12-19(17)11-14-6-8-16(9-7-14)15-4-2-1-3-5-15;1-3(5)4-2/h1-9,17-18,20-21H,10-13H2;1-2H3,(H,4,5). The van der Waals surface area contributed by atoms with Gasteiger partial charge in [-0.1, -0.05) is 54.6 Å². The maximum absolute atomic E-state index is 9.72. The number of rotatable bonds is 4. The van der Waals surface area contributed by atoms with Crippen molar-refractivity contribution in [2.45, 2.75) is 32.0 Å². The average Bonchev–Trinajstić information content (AvgIpc) is 3.03. The van der Waals surface area contributed by atoms with Crippen molar-refractivity contribution in [2.24, 2.45) is 0 Å². The molecule has 1 aliphatic rings. The molecule has 0 bridgehead atoms. The van der Waals surface area contributed by atoms with Gasteiger partial charge >= 0.3 is 0 Å². The molecular weight excluding hydrogens is 328 g/mol. The van der Waals surface area contributed by atoms with E-state index in [1.165, 1.54) is 23.6 Å². The van der Waals surface area contributed by atoms with Crippen molar-refractivity contribution >= 4 is 5.91 Å². The van der Waals surface area contributed by atoms with Gasteiger partial charge in [-0.05, 0) is 23.1 Å². The van der Waals surface area contributed by atoms with E-state index in [0.717, 1.165) is 6.54 Å². The maximum Gasteiger partial charge on any atom is 0.216 e. The Bertz CT molecular complexity index is 673. The van der Waals surface area contributed by atoms with E-state index in [2.05, 4.69) is 46.6 Å². The molecule has 2 aromatic carbocycles. The third-order valence-electron chi connectivity index (χ3n) is 4.52. The molecule has 1 aliphatic heterocycles. The molecule has 1 saturated heterocycles. The third kappa shape index (κ3) is 5.95. The van der Waals surface area contributed by atoms with Crippen LogP contribution in [0.2, 0.25) is 0 Å². The van der Waals surface area contributed by atoms with Crippen LogP contribution >= 0.6 is 0 Å². The van der Waals surface area contributed by atoms with Crippen molar-refractivity contribution in [1.82, 2.24) is 10.2 Å². The quantitative estimate of drug-likeness (QED) is 0.784. The highest BCUT2D eigenvalue weighted by Gasteiger charge is 2.29. The first-order valence-corrected chi connectivity index (χ1v) is 8.89. The molecule has 2 atom stereocenters. The SMILES string of the molecule is CNC(C)=O.OCC1CC(O)CN1Cc1ccc(-c2ccccc2)cc1. The van der Waals surface area contributed by atoms with Crippen LogP contribution in [-0.2, 0) is 11.3 Å². The Morgan fingerprint density at radius 3 is 2.23 bits per heavy atom. The van der Waals surface area contributed by atoms with Crippen LogP contribution in [0.1, 0.15) is 18.9 Å². The van der Waals surface area contributed by atoms with E-state index in [4.69, 9.17) is 0 Å². The summed E-state index contributed by atoms with van der Waals surface area (Å²) in [6.07, 6.45) is 0.351. The van der Waals surface area contributed by atoms with Crippen molar-refractivity contribution < 1.29 is 15.0 Å². The van der Waals surface area contributed by atoms with Crippen LogP contribution < -0.4 is 5.32 Å². The number of nitrogens with one attached hydrogen (secondary N) is 1. The Labute approximate surface area is 155 Å². The van der Waals surface area contributed by atoms with Crippen LogP contribution in [0.5, 0.6) is 0 Å². The van der Waals surface area contributed by atoms with Gasteiger partial charge in [-0.15, -0.1) is 0 Å². The number of amides is 1. The van der Waals surface area contributed by atoms with E-state index in [9.17, 15) is 15.0 Å². The molecule has 0 aromatic heterocycles. The molecule has 1 heterocycles. The molecule has 1 fully saturated rings. The zero-order valence-electron chi connectivity index (χ0n) is 15.4. The fraction of sp³-hybridized carbons (Fsp3) is 0.381. The molecule has 140 valence electrons. The number of benzene rings is 2.